The van der Waals surface area contributed by atoms with E-state index in [0.717, 1.165) is 0 Å². The Hall–Kier alpha value is -0.330. The van der Waals surface area contributed by atoms with Crippen LogP contribution in [0.25, 0.3) is 0 Å². The van der Waals surface area contributed by atoms with Crippen molar-refractivity contribution in [3.05, 3.63) is 0 Å². The minimum absolute atomic E-state index is 0.0534. The van der Waals surface area contributed by atoms with Crippen molar-refractivity contribution in [1.82, 2.24) is 5.32 Å². The summed E-state index contributed by atoms with van der Waals surface area (Å²) in [5.41, 5.74) is 0. The van der Waals surface area contributed by atoms with Crippen molar-refractivity contribution in [2.24, 2.45) is 0 Å². The van der Waals surface area contributed by atoms with Gasteiger partial charge in [0.15, 0.2) is 0 Å². The highest BCUT2D eigenvalue weighted by Gasteiger charge is 2.27. The molecule has 0 aromatic carbocycles. The van der Waals surface area contributed by atoms with Gasteiger partial charge in [-0.1, -0.05) is 0 Å². The number of hydrogen-bond acceptors (Lipinski definition) is 3. The van der Waals surface area contributed by atoms with Crippen molar-refractivity contribution in [1.29, 1.82) is 0 Å². The van der Waals surface area contributed by atoms with E-state index in [0.29, 0.717) is 13.2 Å². The first-order valence-electron chi connectivity index (χ1n) is 4.48. The second-order valence-electron chi connectivity index (χ2n) is 3.35. The van der Waals surface area contributed by atoms with Gasteiger partial charge < -0.3 is 14.8 Å². The van der Waals surface area contributed by atoms with Gasteiger partial charge in [-0.2, -0.15) is 13.2 Å². The summed E-state index contributed by atoms with van der Waals surface area (Å²) in [5.74, 6) is 0. The molecular weight excluding hydrogens is 199 g/mol. The van der Waals surface area contributed by atoms with E-state index >= 15 is 0 Å². The first-order valence-corrected chi connectivity index (χ1v) is 4.48. The van der Waals surface area contributed by atoms with Crippen molar-refractivity contribution in [3.8, 4) is 0 Å². The van der Waals surface area contributed by atoms with Crippen LogP contribution in [0.2, 0.25) is 0 Å². The van der Waals surface area contributed by atoms with Crippen LogP contribution in [0.15, 0.2) is 0 Å². The second-order valence-corrected chi connectivity index (χ2v) is 3.35. The quantitative estimate of drug-likeness (QED) is 0.737. The molecule has 0 aromatic heterocycles. The van der Waals surface area contributed by atoms with Crippen LogP contribution in [0, 0.1) is 0 Å². The molecule has 1 aliphatic rings. The van der Waals surface area contributed by atoms with Crippen molar-refractivity contribution < 1.29 is 22.6 Å². The first kappa shape index (κ1) is 11.7. The van der Waals surface area contributed by atoms with E-state index in [9.17, 15) is 13.2 Å². The van der Waals surface area contributed by atoms with Gasteiger partial charge in [0, 0.05) is 6.54 Å². The van der Waals surface area contributed by atoms with Crippen molar-refractivity contribution in [3.63, 3.8) is 0 Å². The second kappa shape index (κ2) is 4.95. The van der Waals surface area contributed by atoms with Crippen LogP contribution in [0.4, 0.5) is 13.2 Å². The van der Waals surface area contributed by atoms with Crippen molar-refractivity contribution in [2.75, 3.05) is 26.3 Å². The predicted molar refractivity (Wildman–Crippen MR) is 44.1 cm³/mol. The first-order chi connectivity index (χ1) is 6.47. The average molecular weight is 213 g/mol. The highest BCUT2D eigenvalue weighted by atomic mass is 19.4. The lowest BCUT2D eigenvalue weighted by Crippen LogP contribution is -2.42. The molecule has 1 saturated heterocycles. The molecule has 1 heterocycles. The van der Waals surface area contributed by atoms with Gasteiger partial charge in [-0.15, -0.1) is 0 Å². The molecule has 0 spiro atoms. The van der Waals surface area contributed by atoms with Gasteiger partial charge in [-0.3, -0.25) is 0 Å². The van der Waals surface area contributed by atoms with Gasteiger partial charge >= 0.3 is 6.18 Å². The van der Waals surface area contributed by atoms with E-state index in [1.807, 2.05) is 0 Å². The largest absolute Gasteiger partial charge is 0.401 e. The normalized spacial score (nSPS) is 20.6. The molecule has 1 unspecified atom stereocenters. The summed E-state index contributed by atoms with van der Waals surface area (Å²) >= 11 is 0. The SMILES string of the molecule is CC(CNCC(F)(F)F)OC1COC1. The van der Waals surface area contributed by atoms with E-state index in [4.69, 9.17) is 9.47 Å². The number of alkyl halides is 3. The molecule has 1 rings (SSSR count). The van der Waals surface area contributed by atoms with Crippen LogP contribution in [-0.2, 0) is 9.47 Å². The van der Waals surface area contributed by atoms with E-state index in [1.54, 1.807) is 6.92 Å². The standard InChI is InChI=1S/C8H14F3NO2/c1-6(14-7-3-13-4-7)2-12-5-8(9,10)11/h6-7,12H,2-5H2,1H3. The highest BCUT2D eigenvalue weighted by molar-refractivity contribution is 4.68. The molecule has 1 N–H and O–H groups in total. The number of hydrogen-bond donors (Lipinski definition) is 1. The molecule has 0 aromatic rings. The molecule has 0 amide bonds. The molecular formula is C8H14F3NO2. The molecule has 0 bridgehead atoms. The molecule has 1 aliphatic heterocycles. The fourth-order valence-corrected chi connectivity index (χ4v) is 1.09. The Morgan fingerprint density at radius 2 is 2.14 bits per heavy atom. The molecule has 0 saturated carbocycles. The number of halogens is 3. The molecule has 3 nitrogen and oxygen atoms in total. The molecule has 0 radical (unpaired) electrons. The van der Waals surface area contributed by atoms with Gasteiger partial charge in [0.2, 0.25) is 0 Å². The lowest BCUT2D eigenvalue weighted by atomic mass is 10.3. The summed E-state index contributed by atoms with van der Waals surface area (Å²) in [6, 6.07) is 0. The molecule has 1 atom stereocenters. The smallest absolute Gasteiger partial charge is 0.376 e. The summed E-state index contributed by atoms with van der Waals surface area (Å²) in [6.45, 7) is 2.06. The fraction of sp³-hybridized carbons (Fsp3) is 1.00. The molecule has 84 valence electrons. The molecule has 6 heteroatoms. The van der Waals surface area contributed by atoms with Crippen molar-refractivity contribution >= 4 is 0 Å². The molecule has 1 fully saturated rings. The maximum absolute atomic E-state index is 11.7. The number of nitrogens with one attached hydrogen (secondary N) is 1. The Kier molecular flexibility index (Phi) is 4.15. The minimum atomic E-state index is -4.15. The Labute approximate surface area is 80.6 Å². The molecule has 0 aliphatic carbocycles. The average Bonchev–Trinajstić information content (AvgIpc) is 1.94. The van der Waals surface area contributed by atoms with Gasteiger partial charge in [0.25, 0.3) is 0 Å². The predicted octanol–water partition coefficient (Wildman–Crippen LogP) is 0.942. The maximum Gasteiger partial charge on any atom is 0.401 e. The topological polar surface area (TPSA) is 30.5 Å². The van der Waals surface area contributed by atoms with Crippen LogP contribution in [0.5, 0.6) is 0 Å². The number of rotatable bonds is 5. The lowest BCUT2D eigenvalue weighted by Gasteiger charge is -2.29. The summed E-state index contributed by atoms with van der Waals surface area (Å²) in [4.78, 5) is 0. The third-order valence-electron chi connectivity index (χ3n) is 1.79. The van der Waals surface area contributed by atoms with Crippen LogP contribution >= 0.6 is 0 Å². The van der Waals surface area contributed by atoms with Gasteiger partial charge in [0.05, 0.1) is 25.9 Å². The third kappa shape index (κ3) is 4.78. The van der Waals surface area contributed by atoms with E-state index in [-0.39, 0.29) is 18.8 Å². The van der Waals surface area contributed by atoms with Crippen molar-refractivity contribution in [2.45, 2.75) is 25.3 Å². The highest BCUT2D eigenvalue weighted by Crippen LogP contribution is 2.12. The fourth-order valence-electron chi connectivity index (χ4n) is 1.09. The molecule has 14 heavy (non-hydrogen) atoms. The Morgan fingerprint density at radius 1 is 1.50 bits per heavy atom. The van der Waals surface area contributed by atoms with E-state index in [2.05, 4.69) is 5.32 Å². The van der Waals surface area contributed by atoms with Crippen LogP contribution < -0.4 is 5.32 Å². The van der Waals surface area contributed by atoms with Gasteiger partial charge in [0.1, 0.15) is 6.10 Å². The zero-order valence-electron chi connectivity index (χ0n) is 7.93. The van der Waals surface area contributed by atoms with E-state index < -0.39 is 12.7 Å². The van der Waals surface area contributed by atoms with Crippen LogP contribution in [-0.4, -0.2) is 44.7 Å². The summed E-state index contributed by atoms with van der Waals surface area (Å²) in [6.07, 6.45) is -4.32. The lowest BCUT2D eigenvalue weighted by molar-refractivity contribution is -0.153. The Bertz CT molecular complexity index is 170. The zero-order chi connectivity index (χ0) is 10.6. The monoisotopic (exact) mass is 213 g/mol. The van der Waals surface area contributed by atoms with Gasteiger partial charge in [-0.25, -0.2) is 0 Å². The van der Waals surface area contributed by atoms with E-state index in [1.165, 1.54) is 0 Å². The van der Waals surface area contributed by atoms with Gasteiger partial charge in [-0.05, 0) is 6.92 Å². The third-order valence-corrected chi connectivity index (χ3v) is 1.79. The van der Waals surface area contributed by atoms with Crippen LogP contribution in [0.1, 0.15) is 6.92 Å². The summed E-state index contributed by atoms with van der Waals surface area (Å²) in [5, 5.41) is 2.29. The Balaban J connectivity index is 1.99. The maximum atomic E-state index is 11.7. The minimum Gasteiger partial charge on any atom is -0.376 e. The zero-order valence-corrected chi connectivity index (χ0v) is 7.93. The summed E-state index contributed by atoms with van der Waals surface area (Å²) in [7, 11) is 0. The van der Waals surface area contributed by atoms with Crippen LogP contribution in [0.3, 0.4) is 0 Å². The Morgan fingerprint density at radius 3 is 2.57 bits per heavy atom. The number of ether oxygens (including phenoxy) is 2. The summed E-state index contributed by atoms with van der Waals surface area (Å²) < 4.78 is 45.4.